The Morgan fingerprint density at radius 3 is 3.31 bits per heavy atom. The minimum atomic E-state index is 0.746. The van der Waals surface area contributed by atoms with Gasteiger partial charge in [-0.3, -0.25) is 0 Å². The van der Waals surface area contributed by atoms with Crippen LogP contribution in [0.1, 0.15) is 5.56 Å². The Labute approximate surface area is 95.7 Å². The lowest BCUT2D eigenvalue weighted by Gasteiger charge is -2.00. The zero-order valence-electron chi connectivity index (χ0n) is 8.34. The second-order valence-electron chi connectivity index (χ2n) is 3.35. The quantitative estimate of drug-likeness (QED) is 0.723. The van der Waals surface area contributed by atoms with E-state index in [4.69, 9.17) is 0 Å². The van der Waals surface area contributed by atoms with E-state index in [1.54, 1.807) is 12.4 Å². The fourth-order valence-electron chi connectivity index (χ4n) is 1.59. The largest absolute Gasteiger partial charge is 0.370 e. The predicted octanol–water partition coefficient (Wildman–Crippen LogP) is 2.03. The number of H-pyrrole nitrogens is 1. The maximum absolute atomic E-state index is 4.24. The zero-order valence-corrected chi connectivity index (χ0v) is 9.16. The van der Waals surface area contributed by atoms with E-state index < -0.39 is 0 Å². The standard InChI is InChI=1S/C10H9N5S/c1-2-8-7(5-13-10(8)11-3-1)4-12-9-6-14-15-16-9/h1-3,5-6,12H,4H2,(H,11,13). The van der Waals surface area contributed by atoms with Gasteiger partial charge < -0.3 is 10.3 Å². The molecule has 0 saturated heterocycles. The summed E-state index contributed by atoms with van der Waals surface area (Å²) in [6.45, 7) is 0.746. The summed E-state index contributed by atoms with van der Waals surface area (Å²) in [7, 11) is 0. The van der Waals surface area contributed by atoms with Gasteiger partial charge in [-0.2, -0.15) is 0 Å². The Bertz CT molecular complexity index is 586. The van der Waals surface area contributed by atoms with Gasteiger partial charge in [0, 0.05) is 35.9 Å². The Balaban J connectivity index is 1.84. The molecule has 0 bridgehead atoms. The summed E-state index contributed by atoms with van der Waals surface area (Å²) in [5.74, 6) is 0. The molecule has 5 nitrogen and oxygen atoms in total. The molecule has 3 aromatic rings. The molecule has 16 heavy (non-hydrogen) atoms. The highest BCUT2D eigenvalue weighted by atomic mass is 32.1. The van der Waals surface area contributed by atoms with Crippen LogP contribution in [0.3, 0.4) is 0 Å². The Hall–Kier alpha value is -1.95. The Kier molecular flexibility index (Phi) is 2.26. The van der Waals surface area contributed by atoms with E-state index in [1.807, 2.05) is 12.3 Å². The van der Waals surface area contributed by atoms with Gasteiger partial charge in [0.1, 0.15) is 10.6 Å². The molecule has 3 heterocycles. The van der Waals surface area contributed by atoms with Crippen LogP contribution < -0.4 is 5.32 Å². The molecular weight excluding hydrogens is 222 g/mol. The van der Waals surface area contributed by atoms with Crippen LogP contribution in [-0.2, 0) is 6.54 Å². The normalized spacial score (nSPS) is 10.8. The lowest BCUT2D eigenvalue weighted by molar-refractivity contribution is 1.14. The van der Waals surface area contributed by atoms with Crippen LogP contribution in [0.5, 0.6) is 0 Å². The lowest BCUT2D eigenvalue weighted by atomic mass is 10.2. The van der Waals surface area contributed by atoms with Crippen LogP contribution in [0.15, 0.2) is 30.7 Å². The molecule has 6 heteroatoms. The summed E-state index contributed by atoms with van der Waals surface area (Å²) in [6.07, 6.45) is 5.47. The van der Waals surface area contributed by atoms with Gasteiger partial charge in [0.05, 0.1) is 6.20 Å². The van der Waals surface area contributed by atoms with Crippen molar-refractivity contribution in [1.82, 2.24) is 19.6 Å². The van der Waals surface area contributed by atoms with Gasteiger partial charge in [-0.05, 0) is 17.7 Å². The first-order valence-corrected chi connectivity index (χ1v) is 5.63. The average Bonchev–Trinajstić information content (AvgIpc) is 2.96. The maximum Gasteiger partial charge on any atom is 0.137 e. The summed E-state index contributed by atoms with van der Waals surface area (Å²) in [4.78, 5) is 7.38. The topological polar surface area (TPSA) is 66.5 Å². The molecule has 3 aromatic heterocycles. The molecule has 0 fully saturated rings. The van der Waals surface area contributed by atoms with Crippen LogP contribution in [0.2, 0.25) is 0 Å². The van der Waals surface area contributed by atoms with Gasteiger partial charge in [0.15, 0.2) is 0 Å². The highest BCUT2D eigenvalue weighted by Gasteiger charge is 2.03. The fraction of sp³-hybridized carbons (Fsp3) is 0.100. The first-order chi connectivity index (χ1) is 7.93. The Morgan fingerprint density at radius 1 is 1.44 bits per heavy atom. The van der Waals surface area contributed by atoms with Gasteiger partial charge in [-0.1, -0.05) is 4.49 Å². The van der Waals surface area contributed by atoms with Crippen molar-refractivity contribution in [3.63, 3.8) is 0 Å². The number of fused-ring (bicyclic) bond motifs is 1. The molecule has 2 N–H and O–H groups in total. The number of hydrogen-bond acceptors (Lipinski definition) is 5. The first-order valence-electron chi connectivity index (χ1n) is 4.86. The molecule has 0 atom stereocenters. The van der Waals surface area contributed by atoms with Gasteiger partial charge in [0.2, 0.25) is 0 Å². The van der Waals surface area contributed by atoms with Crippen molar-refractivity contribution in [3.8, 4) is 0 Å². The van der Waals surface area contributed by atoms with Gasteiger partial charge in [-0.25, -0.2) is 4.98 Å². The molecule has 0 spiro atoms. The van der Waals surface area contributed by atoms with Crippen molar-refractivity contribution in [3.05, 3.63) is 36.3 Å². The SMILES string of the molecule is c1cnc2[nH]cc(CNc3cnns3)c2c1. The number of hydrogen-bond donors (Lipinski definition) is 2. The van der Waals surface area contributed by atoms with Crippen LogP contribution in [0.25, 0.3) is 11.0 Å². The molecule has 0 unspecified atom stereocenters. The van der Waals surface area contributed by atoms with Crippen LogP contribution >= 0.6 is 11.5 Å². The van der Waals surface area contributed by atoms with Crippen LogP contribution in [0.4, 0.5) is 5.00 Å². The molecule has 3 rings (SSSR count). The number of aromatic nitrogens is 4. The summed E-state index contributed by atoms with van der Waals surface area (Å²) in [6, 6.07) is 3.99. The second kappa shape index (κ2) is 3.90. The number of pyridine rings is 1. The molecular formula is C10H9N5S. The summed E-state index contributed by atoms with van der Waals surface area (Å²) in [5, 5.41) is 9.15. The highest BCUT2D eigenvalue weighted by Crippen LogP contribution is 2.18. The molecule has 80 valence electrons. The van der Waals surface area contributed by atoms with Crippen molar-refractivity contribution < 1.29 is 0 Å². The summed E-state index contributed by atoms with van der Waals surface area (Å²) < 4.78 is 3.79. The van der Waals surface area contributed by atoms with Gasteiger partial charge >= 0.3 is 0 Å². The van der Waals surface area contributed by atoms with E-state index in [0.717, 1.165) is 22.6 Å². The number of rotatable bonds is 3. The lowest BCUT2D eigenvalue weighted by Crippen LogP contribution is -1.96. The van der Waals surface area contributed by atoms with E-state index in [9.17, 15) is 0 Å². The summed E-state index contributed by atoms with van der Waals surface area (Å²) in [5.41, 5.74) is 2.11. The van der Waals surface area contributed by atoms with Crippen LogP contribution in [-0.4, -0.2) is 19.6 Å². The third kappa shape index (κ3) is 1.63. The molecule has 0 amide bonds. The fourth-order valence-corrected chi connectivity index (χ4v) is 2.00. The summed E-state index contributed by atoms with van der Waals surface area (Å²) >= 11 is 1.35. The molecule has 0 aromatic carbocycles. The third-order valence-corrected chi connectivity index (χ3v) is 2.97. The maximum atomic E-state index is 4.24. The van der Waals surface area contributed by atoms with Crippen molar-refractivity contribution in [2.45, 2.75) is 6.54 Å². The van der Waals surface area contributed by atoms with E-state index in [-0.39, 0.29) is 0 Å². The zero-order chi connectivity index (χ0) is 10.8. The van der Waals surface area contributed by atoms with Crippen molar-refractivity contribution in [2.75, 3.05) is 5.32 Å². The number of nitrogens with one attached hydrogen (secondary N) is 2. The minimum Gasteiger partial charge on any atom is -0.370 e. The molecule has 0 aliphatic rings. The average molecular weight is 231 g/mol. The molecule has 0 saturated carbocycles. The second-order valence-corrected chi connectivity index (χ2v) is 4.13. The Morgan fingerprint density at radius 2 is 2.44 bits per heavy atom. The number of nitrogens with zero attached hydrogens (tertiary/aromatic N) is 3. The molecule has 0 radical (unpaired) electrons. The molecule has 0 aliphatic carbocycles. The smallest absolute Gasteiger partial charge is 0.137 e. The predicted molar refractivity (Wildman–Crippen MR) is 63.3 cm³/mol. The third-order valence-electron chi connectivity index (χ3n) is 2.35. The van der Waals surface area contributed by atoms with Gasteiger partial charge in [-0.15, -0.1) is 5.10 Å². The number of anilines is 1. The van der Waals surface area contributed by atoms with E-state index in [0.29, 0.717) is 0 Å². The van der Waals surface area contributed by atoms with Crippen molar-refractivity contribution >= 4 is 27.6 Å². The van der Waals surface area contributed by atoms with E-state index in [2.05, 4.69) is 30.9 Å². The van der Waals surface area contributed by atoms with E-state index in [1.165, 1.54) is 17.1 Å². The van der Waals surface area contributed by atoms with Crippen molar-refractivity contribution in [2.24, 2.45) is 0 Å². The van der Waals surface area contributed by atoms with Crippen molar-refractivity contribution in [1.29, 1.82) is 0 Å². The minimum absolute atomic E-state index is 0.746. The number of aromatic amines is 1. The van der Waals surface area contributed by atoms with Crippen LogP contribution in [0, 0.1) is 0 Å². The van der Waals surface area contributed by atoms with Gasteiger partial charge in [0.25, 0.3) is 0 Å². The van der Waals surface area contributed by atoms with E-state index >= 15 is 0 Å². The highest BCUT2D eigenvalue weighted by molar-refractivity contribution is 7.09. The monoisotopic (exact) mass is 231 g/mol. The first kappa shape index (κ1) is 9.29. The molecule has 0 aliphatic heterocycles.